The van der Waals surface area contributed by atoms with Crippen LogP contribution in [-0.2, 0) is 23.6 Å². The lowest BCUT2D eigenvalue weighted by molar-refractivity contribution is 0.499. The van der Waals surface area contributed by atoms with Gasteiger partial charge in [-0.1, -0.05) is 6.08 Å². The zero-order valence-electron chi connectivity index (χ0n) is 11.5. The van der Waals surface area contributed by atoms with Crippen LogP contribution in [0, 0.1) is 0 Å². The van der Waals surface area contributed by atoms with Crippen LogP contribution in [0.1, 0.15) is 18.5 Å². The van der Waals surface area contributed by atoms with Gasteiger partial charge in [-0.15, -0.1) is 6.58 Å². The quantitative estimate of drug-likeness (QED) is 0.762. The molecular formula is C13H21N3O2S. The Balaban J connectivity index is 2.15. The largest absolute Gasteiger partial charge is 0.352 e. The van der Waals surface area contributed by atoms with Crippen LogP contribution in [-0.4, -0.2) is 36.9 Å². The average Bonchev–Trinajstić information content (AvgIpc) is 3.10. The third kappa shape index (κ3) is 3.26. The summed E-state index contributed by atoms with van der Waals surface area (Å²) in [4.78, 5) is 0.340. The lowest BCUT2D eigenvalue weighted by atomic mass is 10.4. The first-order valence-corrected chi connectivity index (χ1v) is 7.85. The molecule has 0 aromatic carbocycles. The first-order valence-electron chi connectivity index (χ1n) is 6.41. The summed E-state index contributed by atoms with van der Waals surface area (Å²) in [6, 6.07) is 2.35. The van der Waals surface area contributed by atoms with Gasteiger partial charge in [0.2, 0.25) is 10.0 Å². The van der Waals surface area contributed by atoms with Crippen molar-refractivity contribution in [2.24, 2.45) is 7.05 Å². The second-order valence-corrected chi connectivity index (χ2v) is 7.05. The molecule has 0 aliphatic heterocycles. The highest BCUT2D eigenvalue weighted by Crippen LogP contribution is 2.21. The molecule has 1 saturated carbocycles. The first kappa shape index (κ1) is 14.3. The smallest absolute Gasteiger partial charge is 0.244 e. The van der Waals surface area contributed by atoms with Crippen LogP contribution in [0.2, 0.25) is 0 Å². The van der Waals surface area contributed by atoms with Crippen LogP contribution in [0.15, 0.2) is 29.8 Å². The van der Waals surface area contributed by atoms with Crippen molar-refractivity contribution in [2.45, 2.75) is 30.3 Å². The van der Waals surface area contributed by atoms with Gasteiger partial charge in [0.15, 0.2) is 0 Å². The van der Waals surface area contributed by atoms with E-state index >= 15 is 0 Å². The number of sulfonamides is 1. The van der Waals surface area contributed by atoms with Crippen molar-refractivity contribution in [1.29, 1.82) is 0 Å². The summed E-state index contributed by atoms with van der Waals surface area (Å²) in [6.07, 6.45) is 5.68. The van der Waals surface area contributed by atoms with Crippen LogP contribution >= 0.6 is 0 Å². The topological polar surface area (TPSA) is 54.3 Å². The zero-order valence-corrected chi connectivity index (χ0v) is 12.3. The number of likely N-dealkylation sites (N-methyl/N-ethyl adjacent to an activating group) is 1. The maximum atomic E-state index is 12.3. The molecule has 1 aliphatic rings. The fraction of sp³-hybridized carbons (Fsp3) is 0.538. The van der Waals surface area contributed by atoms with Gasteiger partial charge in [-0.2, -0.15) is 4.31 Å². The Hall–Kier alpha value is -1.11. The summed E-state index contributed by atoms with van der Waals surface area (Å²) in [5.74, 6) is 0. The van der Waals surface area contributed by atoms with E-state index in [1.165, 1.54) is 17.1 Å². The molecule has 1 fully saturated rings. The number of nitrogens with one attached hydrogen (secondary N) is 1. The van der Waals surface area contributed by atoms with Gasteiger partial charge in [-0.05, 0) is 18.9 Å². The molecule has 0 atom stereocenters. The van der Waals surface area contributed by atoms with Gasteiger partial charge in [0.25, 0.3) is 0 Å². The number of aromatic nitrogens is 1. The van der Waals surface area contributed by atoms with Gasteiger partial charge in [0, 0.05) is 45.1 Å². The maximum Gasteiger partial charge on any atom is 0.244 e. The molecule has 2 rings (SSSR count). The van der Waals surface area contributed by atoms with Crippen LogP contribution in [0.3, 0.4) is 0 Å². The Morgan fingerprint density at radius 3 is 2.84 bits per heavy atom. The lowest BCUT2D eigenvalue weighted by Crippen LogP contribution is -2.26. The highest BCUT2D eigenvalue weighted by Gasteiger charge is 2.24. The van der Waals surface area contributed by atoms with Gasteiger partial charge in [0.1, 0.15) is 4.90 Å². The van der Waals surface area contributed by atoms with Crippen LogP contribution in [0.5, 0.6) is 0 Å². The predicted octanol–water partition coefficient (Wildman–Crippen LogP) is 1.08. The molecule has 0 amide bonds. The van der Waals surface area contributed by atoms with Crippen molar-refractivity contribution in [1.82, 2.24) is 14.2 Å². The van der Waals surface area contributed by atoms with Crippen molar-refractivity contribution < 1.29 is 8.42 Å². The molecular weight excluding hydrogens is 262 g/mol. The maximum absolute atomic E-state index is 12.3. The normalized spacial score (nSPS) is 15.9. The summed E-state index contributed by atoms with van der Waals surface area (Å²) < 4.78 is 27.7. The van der Waals surface area contributed by atoms with Gasteiger partial charge in [-0.25, -0.2) is 8.42 Å². The van der Waals surface area contributed by atoms with Gasteiger partial charge in [0.05, 0.1) is 0 Å². The molecule has 19 heavy (non-hydrogen) atoms. The molecule has 0 bridgehead atoms. The predicted molar refractivity (Wildman–Crippen MR) is 75.3 cm³/mol. The standard InChI is InChI=1S/C13H21N3O2S/c1-4-7-16(3)19(17,18)13-8-12(15(2)10-13)9-14-11-5-6-11/h4,8,10-11,14H,1,5-7,9H2,2-3H3. The SMILES string of the molecule is C=CCN(C)S(=O)(=O)c1cc(CNC2CC2)n(C)c1. The molecule has 0 radical (unpaired) electrons. The Kier molecular flexibility index (Phi) is 4.13. The van der Waals surface area contributed by atoms with E-state index in [1.807, 2.05) is 11.6 Å². The molecule has 0 saturated heterocycles. The number of nitrogens with zero attached hydrogens (tertiary/aromatic N) is 2. The van der Waals surface area contributed by atoms with Gasteiger partial charge in [-0.3, -0.25) is 0 Å². The number of rotatable bonds is 7. The fourth-order valence-corrected chi connectivity index (χ4v) is 3.13. The van der Waals surface area contributed by atoms with E-state index in [4.69, 9.17) is 0 Å². The number of hydrogen-bond acceptors (Lipinski definition) is 3. The van der Waals surface area contributed by atoms with Crippen molar-refractivity contribution in [3.05, 3.63) is 30.6 Å². The summed E-state index contributed by atoms with van der Waals surface area (Å²) in [6.45, 7) is 4.59. The monoisotopic (exact) mass is 283 g/mol. The Labute approximate surface area is 115 Å². The molecule has 6 heteroatoms. The second-order valence-electron chi connectivity index (χ2n) is 5.01. The number of aryl methyl sites for hydroxylation is 1. The lowest BCUT2D eigenvalue weighted by Gasteiger charge is -2.13. The minimum absolute atomic E-state index is 0.312. The molecule has 1 aromatic rings. The van der Waals surface area contributed by atoms with Crippen molar-refractivity contribution in [3.63, 3.8) is 0 Å². The molecule has 5 nitrogen and oxygen atoms in total. The highest BCUT2D eigenvalue weighted by atomic mass is 32.2. The summed E-state index contributed by atoms with van der Waals surface area (Å²) in [5, 5.41) is 3.39. The van der Waals surface area contributed by atoms with E-state index in [9.17, 15) is 8.42 Å². The first-order chi connectivity index (χ1) is 8.95. The Morgan fingerprint density at radius 2 is 2.26 bits per heavy atom. The highest BCUT2D eigenvalue weighted by molar-refractivity contribution is 7.89. The van der Waals surface area contributed by atoms with E-state index in [0.717, 1.165) is 5.69 Å². The van der Waals surface area contributed by atoms with Gasteiger partial charge < -0.3 is 9.88 Å². The Morgan fingerprint density at radius 1 is 1.58 bits per heavy atom. The molecule has 0 spiro atoms. The van der Waals surface area contributed by atoms with E-state index in [-0.39, 0.29) is 0 Å². The minimum Gasteiger partial charge on any atom is -0.352 e. The summed E-state index contributed by atoms with van der Waals surface area (Å²) >= 11 is 0. The third-order valence-corrected chi connectivity index (χ3v) is 5.12. The minimum atomic E-state index is -3.41. The van der Waals surface area contributed by atoms with Crippen LogP contribution in [0.4, 0.5) is 0 Å². The van der Waals surface area contributed by atoms with E-state index < -0.39 is 10.0 Å². The van der Waals surface area contributed by atoms with E-state index in [1.54, 1.807) is 25.4 Å². The van der Waals surface area contributed by atoms with Crippen LogP contribution in [0.25, 0.3) is 0 Å². The average molecular weight is 283 g/mol. The summed E-state index contributed by atoms with van der Waals surface area (Å²) in [5.41, 5.74) is 0.984. The molecule has 106 valence electrons. The van der Waals surface area contributed by atoms with Gasteiger partial charge >= 0.3 is 0 Å². The van der Waals surface area contributed by atoms with Crippen molar-refractivity contribution >= 4 is 10.0 Å². The molecule has 0 unspecified atom stereocenters. The molecule has 1 aliphatic carbocycles. The van der Waals surface area contributed by atoms with Crippen molar-refractivity contribution in [3.8, 4) is 0 Å². The third-order valence-electron chi connectivity index (χ3n) is 3.33. The number of hydrogen-bond donors (Lipinski definition) is 1. The molecule has 1 aromatic heterocycles. The fourth-order valence-electron chi connectivity index (χ4n) is 1.89. The van der Waals surface area contributed by atoms with E-state index in [2.05, 4.69) is 11.9 Å². The molecule has 1 heterocycles. The van der Waals surface area contributed by atoms with Crippen LogP contribution < -0.4 is 5.32 Å². The summed E-state index contributed by atoms with van der Waals surface area (Å²) in [7, 11) is 0.0208. The molecule has 1 N–H and O–H groups in total. The van der Waals surface area contributed by atoms with Crippen molar-refractivity contribution in [2.75, 3.05) is 13.6 Å². The zero-order chi connectivity index (χ0) is 14.0. The Bertz CT molecular complexity index is 558. The second kappa shape index (κ2) is 5.48. The van der Waals surface area contributed by atoms with E-state index in [0.29, 0.717) is 24.0 Å².